The van der Waals surface area contributed by atoms with Crippen molar-refractivity contribution >= 4 is 5.91 Å². The minimum atomic E-state index is -0.460. The van der Waals surface area contributed by atoms with E-state index in [0.29, 0.717) is 13.0 Å². The van der Waals surface area contributed by atoms with E-state index in [4.69, 9.17) is 5.11 Å². The summed E-state index contributed by atoms with van der Waals surface area (Å²) in [4.78, 5) is 11.4. The average molecular weight is 338 g/mol. The fourth-order valence-electron chi connectivity index (χ4n) is 2.45. The van der Waals surface area contributed by atoms with Gasteiger partial charge in [-0.25, -0.2) is 0 Å². The molecule has 0 radical (unpaired) electrons. The fourth-order valence-corrected chi connectivity index (χ4v) is 2.45. The topological polar surface area (TPSA) is 49.3 Å². The molecule has 0 aliphatic rings. The molecule has 0 fully saturated rings. The van der Waals surface area contributed by atoms with Gasteiger partial charge in [-0.05, 0) is 45.4 Å². The van der Waals surface area contributed by atoms with Gasteiger partial charge in [0, 0.05) is 13.0 Å². The first-order valence-corrected chi connectivity index (χ1v) is 9.91. The Hall–Kier alpha value is -1.09. The lowest BCUT2D eigenvalue weighted by atomic mass is 10.1. The van der Waals surface area contributed by atoms with Crippen LogP contribution in [0.15, 0.2) is 24.3 Å². The molecule has 0 unspecified atom stereocenters. The number of rotatable bonds is 16. The summed E-state index contributed by atoms with van der Waals surface area (Å²) in [6.07, 6.45) is 22.4. The van der Waals surface area contributed by atoms with Crippen LogP contribution in [0.1, 0.15) is 90.9 Å². The van der Waals surface area contributed by atoms with Crippen molar-refractivity contribution in [1.29, 1.82) is 0 Å². The van der Waals surface area contributed by atoms with Crippen LogP contribution in [0, 0.1) is 0 Å². The molecule has 3 nitrogen and oxygen atoms in total. The number of amides is 1. The third-order valence-corrected chi connectivity index (χ3v) is 3.95. The Morgan fingerprint density at radius 2 is 1.50 bits per heavy atom. The van der Waals surface area contributed by atoms with E-state index in [1.54, 1.807) is 6.92 Å². The van der Waals surface area contributed by atoms with Gasteiger partial charge in [-0.2, -0.15) is 0 Å². The van der Waals surface area contributed by atoms with E-state index in [1.807, 2.05) is 0 Å². The van der Waals surface area contributed by atoms with Crippen LogP contribution >= 0.6 is 0 Å². The zero-order valence-electron chi connectivity index (χ0n) is 15.9. The van der Waals surface area contributed by atoms with Crippen LogP contribution in [0.3, 0.4) is 0 Å². The molecule has 0 bridgehead atoms. The third-order valence-electron chi connectivity index (χ3n) is 3.95. The normalized spacial score (nSPS) is 13.0. The molecular weight excluding hydrogens is 298 g/mol. The zero-order chi connectivity index (χ0) is 17.9. The standard InChI is InChI=1S/C21H39NO2/c1-3-4-5-6-7-8-9-10-11-12-13-14-15-16-17-18-21(24)22-19-20(2)23/h7-8,10-11,20,23H,3-6,9,12-19H2,1-2H3,(H,22,24)/b8-7-,11-10-/t20-/m1/s1. The molecule has 0 aliphatic heterocycles. The summed E-state index contributed by atoms with van der Waals surface area (Å²) in [5.41, 5.74) is 0. The maximum absolute atomic E-state index is 11.4. The Bertz CT molecular complexity index is 335. The Balaban J connectivity index is 3.27. The summed E-state index contributed by atoms with van der Waals surface area (Å²) in [7, 11) is 0. The SMILES string of the molecule is CCCCC/C=C\C/C=C\CCCCCCCC(=O)NC[C@@H](C)O. The maximum atomic E-state index is 11.4. The second-order valence-corrected chi connectivity index (χ2v) is 6.63. The number of unbranched alkanes of at least 4 members (excludes halogenated alkanes) is 8. The van der Waals surface area contributed by atoms with E-state index in [0.717, 1.165) is 19.3 Å². The lowest BCUT2D eigenvalue weighted by Crippen LogP contribution is -2.30. The van der Waals surface area contributed by atoms with E-state index < -0.39 is 6.10 Å². The van der Waals surface area contributed by atoms with Crippen LogP contribution in [0.4, 0.5) is 0 Å². The number of nitrogens with one attached hydrogen (secondary N) is 1. The van der Waals surface area contributed by atoms with Gasteiger partial charge in [0.05, 0.1) is 6.10 Å². The summed E-state index contributed by atoms with van der Waals surface area (Å²) in [6, 6.07) is 0. The Kier molecular flexibility index (Phi) is 17.4. The number of allylic oxidation sites excluding steroid dienone is 4. The van der Waals surface area contributed by atoms with E-state index in [1.165, 1.54) is 51.4 Å². The predicted octanol–water partition coefficient (Wildman–Crippen LogP) is 5.30. The first kappa shape index (κ1) is 22.9. The van der Waals surface area contributed by atoms with Gasteiger partial charge in [0.1, 0.15) is 0 Å². The summed E-state index contributed by atoms with van der Waals surface area (Å²) in [5.74, 6) is 0.0570. The van der Waals surface area contributed by atoms with Crippen LogP contribution < -0.4 is 5.32 Å². The molecule has 1 atom stereocenters. The molecular formula is C21H39NO2. The Morgan fingerprint density at radius 1 is 0.917 bits per heavy atom. The smallest absolute Gasteiger partial charge is 0.220 e. The van der Waals surface area contributed by atoms with Gasteiger partial charge < -0.3 is 10.4 Å². The van der Waals surface area contributed by atoms with Crippen molar-refractivity contribution in [2.45, 2.75) is 97.0 Å². The molecule has 140 valence electrons. The summed E-state index contributed by atoms with van der Waals surface area (Å²) < 4.78 is 0. The lowest BCUT2D eigenvalue weighted by Gasteiger charge is -2.06. The Labute approximate surface area is 149 Å². The number of hydrogen-bond donors (Lipinski definition) is 2. The quantitative estimate of drug-likeness (QED) is 0.297. The van der Waals surface area contributed by atoms with Gasteiger partial charge in [-0.3, -0.25) is 4.79 Å². The number of aliphatic hydroxyl groups is 1. The van der Waals surface area contributed by atoms with E-state index >= 15 is 0 Å². The van der Waals surface area contributed by atoms with Crippen molar-refractivity contribution in [3.63, 3.8) is 0 Å². The molecule has 0 spiro atoms. The van der Waals surface area contributed by atoms with Gasteiger partial charge >= 0.3 is 0 Å². The molecule has 0 aromatic carbocycles. The van der Waals surface area contributed by atoms with Gasteiger partial charge in [0.2, 0.25) is 5.91 Å². The van der Waals surface area contributed by atoms with Gasteiger partial charge in [0.25, 0.3) is 0 Å². The van der Waals surface area contributed by atoms with Gasteiger partial charge in [-0.1, -0.05) is 63.3 Å². The molecule has 3 heteroatoms. The minimum absolute atomic E-state index is 0.0570. The van der Waals surface area contributed by atoms with Crippen LogP contribution in [0.2, 0.25) is 0 Å². The second kappa shape index (κ2) is 18.3. The highest BCUT2D eigenvalue weighted by Gasteiger charge is 2.02. The summed E-state index contributed by atoms with van der Waals surface area (Å²) >= 11 is 0. The van der Waals surface area contributed by atoms with E-state index in [-0.39, 0.29) is 5.91 Å². The van der Waals surface area contributed by atoms with E-state index in [9.17, 15) is 4.79 Å². The lowest BCUT2D eigenvalue weighted by molar-refractivity contribution is -0.121. The number of hydrogen-bond acceptors (Lipinski definition) is 2. The highest BCUT2D eigenvalue weighted by Crippen LogP contribution is 2.08. The molecule has 0 aromatic heterocycles. The molecule has 0 aliphatic carbocycles. The number of carbonyl (C=O) groups excluding carboxylic acids is 1. The molecule has 2 N–H and O–H groups in total. The largest absolute Gasteiger partial charge is 0.392 e. The van der Waals surface area contributed by atoms with Crippen molar-refractivity contribution in [3.05, 3.63) is 24.3 Å². The number of aliphatic hydroxyl groups excluding tert-OH is 1. The maximum Gasteiger partial charge on any atom is 0.220 e. The monoisotopic (exact) mass is 337 g/mol. The van der Waals surface area contributed by atoms with Crippen molar-refractivity contribution in [2.24, 2.45) is 0 Å². The highest BCUT2D eigenvalue weighted by molar-refractivity contribution is 5.75. The first-order valence-electron chi connectivity index (χ1n) is 9.91. The third kappa shape index (κ3) is 19.0. The van der Waals surface area contributed by atoms with Crippen LogP contribution in [0.5, 0.6) is 0 Å². The van der Waals surface area contributed by atoms with Crippen LogP contribution in [-0.2, 0) is 4.79 Å². The molecule has 24 heavy (non-hydrogen) atoms. The molecule has 0 saturated carbocycles. The van der Waals surface area contributed by atoms with Gasteiger partial charge in [-0.15, -0.1) is 0 Å². The van der Waals surface area contributed by atoms with Crippen molar-refractivity contribution in [1.82, 2.24) is 5.32 Å². The Morgan fingerprint density at radius 3 is 2.12 bits per heavy atom. The second-order valence-electron chi connectivity index (χ2n) is 6.63. The van der Waals surface area contributed by atoms with Crippen molar-refractivity contribution in [2.75, 3.05) is 6.54 Å². The van der Waals surface area contributed by atoms with Crippen LogP contribution in [-0.4, -0.2) is 23.7 Å². The summed E-state index contributed by atoms with van der Waals surface area (Å²) in [5, 5.41) is 11.8. The minimum Gasteiger partial charge on any atom is -0.392 e. The van der Waals surface area contributed by atoms with Gasteiger partial charge in [0.15, 0.2) is 0 Å². The molecule has 0 saturated heterocycles. The molecule has 0 rings (SSSR count). The zero-order valence-corrected chi connectivity index (χ0v) is 15.9. The summed E-state index contributed by atoms with van der Waals surface area (Å²) in [6.45, 7) is 4.28. The molecule has 0 aromatic rings. The predicted molar refractivity (Wildman–Crippen MR) is 104 cm³/mol. The molecule has 1 amide bonds. The highest BCUT2D eigenvalue weighted by atomic mass is 16.3. The fraction of sp³-hybridized carbons (Fsp3) is 0.762. The van der Waals surface area contributed by atoms with E-state index in [2.05, 4.69) is 36.5 Å². The molecule has 0 heterocycles. The van der Waals surface area contributed by atoms with Crippen LogP contribution in [0.25, 0.3) is 0 Å². The van der Waals surface area contributed by atoms with Crippen molar-refractivity contribution < 1.29 is 9.90 Å². The first-order chi connectivity index (χ1) is 11.7. The number of carbonyl (C=O) groups is 1. The van der Waals surface area contributed by atoms with Crippen molar-refractivity contribution in [3.8, 4) is 0 Å². The average Bonchev–Trinajstić information content (AvgIpc) is 2.56.